The third kappa shape index (κ3) is 8.44. The molecule has 1 aliphatic rings. The molecule has 0 bridgehead atoms. The van der Waals surface area contributed by atoms with Gasteiger partial charge < -0.3 is 5.11 Å². The Bertz CT molecular complexity index is 547. The molecule has 1 aliphatic heterocycles. The second-order valence-electron chi connectivity index (χ2n) is 8.57. The topological polar surface area (TPSA) is 55.8 Å². The van der Waals surface area contributed by atoms with Gasteiger partial charge in [-0.15, -0.1) is 0 Å². The van der Waals surface area contributed by atoms with Crippen LogP contribution in [0.4, 0.5) is 0 Å². The van der Waals surface area contributed by atoms with E-state index in [1.54, 1.807) is 0 Å². The largest absolute Gasteiger partial charge is 0.481 e. The average Bonchev–Trinajstić information content (AvgIpc) is 2.66. The van der Waals surface area contributed by atoms with E-state index in [9.17, 15) is 4.79 Å². The molecule has 1 aromatic carbocycles. The first-order valence-electron chi connectivity index (χ1n) is 10.5. The summed E-state index contributed by atoms with van der Waals surface area (Å²) in [6.07, 6.45) is 12.2. The molecule has 0 spiro atoms. The maximum Gasteiger partial charge on any atom is 0.303 e. The molecule has 2 atom stereocenters. The first-order valence-corrected chi connectivity index (χ1v) is 10.5. The molecule has 0 saturated carbocycles. The van der Waals surface area contributed by atoms with Crippen LogP contribution in [0.25, 0.3) is 0 Å². The summed E-state index contributed by atoms with van der Waals surface area (Å²) in [5.41, 5.74) is 0.752. The molecule has 0 unspecified atom stereocenters. The zero-order valence-electron chi connectivity index (χ0n) is 17.0. The molecule has 1 fully saturated rings. The lowest BCUT2D eigenvalue weighted by Crippen LogP contribution is -2.44. The predicted molar refractivity (Wildman–Crippen MR) is 108 cm³/mol. The van der Waals surface area contributed by atoms with E-state index in [-0.39, 0.29) is 12.0 Å². The lowest BCUT2D eigenvalue weighted by molar-refractivity contribution is -0.435. The molecule has 4 nitrogen and oxygen atoms in total. The van der Waals surface area contributed by atoms with Gasteiger partial charge in [0.15, 0.2) is 0 Å². The van der Waals surface area contributed by atoms with Crippen molar-refractivity contribution in [2.24, 2.45) is 0 Å². The van der Waals surface area contributed by atoms with Crippen LogP contribution in [0.15, 0.2) is 30.3 Å². The number of rotatable bonds is 12. The normalized spacial score (nSPS) is 25.4. The van der Waals surface area contributed by atoms with Crippen molar-refractivity contribution < 1.29 is 19.7 Å². The Morgan fingerprint density at radius 3 is 2.04 bits per heavy atom. The molecule has 0 aromatic heterocycles. The van der Waals surface area contributed by atoms with Crippen LogP contribution >= 0.6 is 0 Å². The highest BCUT2D eigenvalue weighted by Crippen LogP contribution is 2.38. The van der Waals surface area contributed by atoms with Gasteiger partial charge in [0, 0.05) is 6.42 Å². The Kier molecular flexibility index (Phi) is 8.78. The van der Waals surface area contributed by atoms with E-state index < -0.39 is 11.6 Å². The van der Waals surface area contributed by atoms with Crippen LogP contribution in [0.3, 0.4) is 0 Å². The standard InChI is InChI=1S/C23H36O4/c1-22(18-19-23(2,27-26-22)17-15-21(24)25)16-11-6-4-3-5-8-12-20-13-9-7-10-14-20/h7,9-10,13-14H,3-6,8,11-12,15-19H2,1-2H3,(H,24,25)/t22-,23-/m0/s1. The minimum Gasteiger partial charge on any atom is -0.481 e. The summed E-state index contributed by atoms with van der Waals surface area (Å²) in [5.74, 6) is -0.781. The summed E-state index contributed by atoms with van der Waals surface area (Å²) in [6.45, 7) is 4.06. The van der Waals surface area contributed by atoms with Gasteiger partial charge in [-0.3, -0.25) is 4.79 Å². The number of hydrogen-bond acceptors (Lipinski definition) is 3. The van der Waals surface area contributed by atoms with Crippen molar-refractivity contribution >= 4 is 5.97 Å². The van der Waals surface area contributed by atoms with Crippen LogP contribution < -0.4 is 0 Å². The second kappa shape index (κ2) is 10.8. The molecule has 1 aromatic rings. The fraction of sp³-hybridized carbons (Fsp3) is 0.696. The highest BCUT2D eigenvalue weighted by molar-refractivity contribution is 5.66. The zero-order chi connectivity index (χ0) is 19.6. The number of benzene rings is 1. The fourth-order valence-electron chi connectivity index (χ4n) is 3.70. The molecule has 1 saturated heterocycles. The minimum absolute atomic E-state index is 0.126. The summed E-state index contributed by atoms with van der Waals surface area (Å²) >= 11 is 0. The Hall–Kier alpha value is -1.39. The summed E-state index contributed by atoms with van der Waals surface area (Å²) in [6, 6.07) is 10.7. The van der Waals surface area contributed by atoms with Crippen molar-refractivity contribution in [3.8, 4) is 0 Å². The third-order valence-electron chi connectivity index (χ3n) is 5.76. The van der Waals surface area contributed by atoms with Gasteiger partial charge >= 0.3 is 5.97 Å². The number of aryl methyl sites for hydroxylation is 1. The van der Waals surface area contributed by atoms with Crippen LogP contribution in [0.1, 0.15) is 90.0 Å². The van der Waals surface area contributed by atoms with Crippen LogP contribution in [-0.4, -0.2) is 22.3 Å². The van der Waals surface area contributed by atoms with Gasteiger partial charge in [0.1, 0.15) is 11.2 Å². The molecular weight excluding hydrogens is 340 g/mol. The highest BCUT2D eigenvalue weighted by atomic mass is 17.2. The summed E-state index contributed by atoms with van der Waals surface area (Å²) in [5, 5.41) is 8.84. The Morgan fingerprint density at radius 1 is 0.889 bits per heavy atom. The van der Waals surface area contributed by atoms with E-state index in [0.29, 0.717) is 6.42 Å². The van der Waals surface area contributed by atoms with Gasteiger partial charge in [0.05, 0.1) is 0 Å². The maximum absolute atomic E-state index is 10.8. The van der Waals surface area contributed by atoms with E-state index in [0.717, 1.165) is 25.7 Å². The van der Waals surface area contributed by atoms with Gasteiger partial charge in [-0.05, 0) is 57.9 Å². The van der Waals surface area contributed by atoms with Gasteiger partial charge in [-0.1, -0.05) is 62.4 Å². The van der Waals surface area contributed by atoms with Crippen LogP contribution in [0, 0.1) is 0 Å². The SMILES string of the molecule is C[C@]1(CCCCCCCCc2ccccc2)CC[C@](C)(CCC(=O)O)OO1. The highest BCUT2D eigenvalue weighted by Gasteiger charge is 2.40. The average molecular weight is 377 g/mol. The van der Waals surface area contributed by atoms with E-state index in [2.05, 4.69) is 37.3 Å². The van der Waals surface area contributed by atoms with E-state index in [1.165, 1.54) is 44.1 Å². The lowest BCUT2D eigenvalue weighted by Gasteiger charge is -2.41. The van der Waals surface area contributed by atoms with Crippen molar-refractivity contribution in [3.05, 3.63) is 35.9 Å². The van der Waals surface area contributed by atoms with Crippen LogP contribution in [0.2, 0.25) is 0 Å². The van der Waals surface area contributed by atoms with Gasteiger partial charge in [0.25, 0.3) is 0 Å². The van der Waals surface area contributed by atoms with Crippen LogP contribution in [-0.2, 0) is 21.0 Å². The summed E-state index contributed by atoms with van der Waals surface area (Å²) < 4.78 is 0. The zero-order valence-corrected chi connectivity index (χ0v) is 17.0. The van der Waals surface area contributed by atoms with Crippen molar-refractivity contribution in [2.75, 3.05) is 0 Å². The first-order chi connectivity index (χ1) is 12.9. The van der Waals surface area contributed by atoms with Crippen molar-refractivity contribution in [3.63, 3.8) is 0 Å². The van der Waals surface area contributed by atoms with Crippen molar-refractivity contribution in [1.82, 2.24) is 0 Å². The number of aliphatic carboxylic acids is 1. The number of carboxylic acid groups (broad SMARTS) is 1. The molecule has 0 amide bonds. The predicted octanol–water partition coefficient (Wildman–Crippen LogP) is 6.08. The Balaban J connectivity index is 1.51. The number of carbonyl (C=O) groups is 1. The monoisotopic (exact) mass is 376 g/mol. The number of unbranched alkanes of at least 4 members (excludes halogenated alkanes) is 5. The molecule has 27 heavy (non-hydrogen) atoms. The van der Waals surface area contributed by atoms with E-state index in [1.807, 2.05) is 6.92 Å². The quantitative estimate of drug-likeness (QED) is 0.354. The van der Waals surface area contributed by atoms with Crippen LogP contribution in [0.5, 0.6) is 0 Å². The molecule has 4 heteroatoms. The molecule has 0 radical (unpaired) electrons. The maximum atomic E-state index is 10.8. The molecule has 1 heterocycles. The van der Waals surface area contributed by atoms with Gasteiger partial charge in [-0.25, -0.2) is 9.78 Å². The van der Waals surface area contributed by atoms with E-state index >= 15 is 0 Å². The third-order valence-corrected chi connectivity index (χ3v) is 5.76. The van der Waals surface area contributed by atoms with Crippen molar-refractivity contribution in [1.29, 1.82) is 0 Å². The number of carboxylic acids is 1. The lowest BCUT2D eigenvalue weighted by atomic mass is 9.85. The summed E-state index contributed by atoms with van der Waals surface area (Å²) in [7, 11) is 0. The first kappa shape index (κ1) is 21.9. The van der Waals surface area contributed by atoms with Crippen molar-refractivity contribution in [2.45, 2.75) is 102 Å². The number of hydrogen-bond donors (Lipinski definition) is 1. The molecule has 1 N–H and O–H groups in total. The smallest absolute Gasteiger partial charge is 0.303 e. The molecule has 2 rings (SSSR count). The molecule has 0 aliphatic carbocycles. The molecular formula is C23H36O4. The van der Waals surface area contributed by atoms with Gasteiger partial charge in [-0.2, -0.15) is 0 Å². The summed E-state index contributed by atoms with van der Waals surface area (Å²) in [4.78, 5) is 22.1. The Labute approximate surface area is 164 Å². The second-order valence-corrected chi connectivity index (χ2v) is 8.57. The van der Waals surface area contributed by atoms with Gasteiger partial charge in [0.2, 0.25) is 0 Å². The molecule has 152 valence electrons. The van der Waals surface area contributed by atoms with E-state index in [4.69, 9.17) is 14.9 Å². The fourth-order valence-corrected chi connectivity index (χ4v) is 3.70. The minimum atomic E-state index is -0.781. The Morgan fingerprint density at radius 2 is 1.44 bits per heavy atom.